The van der Waals surface area contributed by atoms with Crippen molar-refractivity contribution in [3.05, 3.63) is 0 Å². The second kappa shape index (κ2) is 6.35. The van der Waals surface area contributed by atoms with Crippen LogP contribution < -0.4 is 0 Å². The number of fused-ring (bicyclic) bond motifs is 5. The van der Waals surface area contributed by atoms with Crippen LogP contribution in [-0.2, 0) is 4.74 Å². The summed E-state index contributed by atoms with van der Waals surface area (Å²) in [5.74, 6) is 1.75. The average molecular weight is 385 g/mol. The van der Waals surface area contributed by atoms with Gasteiger partial charge in [0.15, 0.2) is 0 Å². The van der Waals surface area contributed by atoms with Gasteiger partial charge in [-0.25, -0.2) is 0 Å². The molecule has 152 valence electrons. The molecule has 0 saturated heterocycles. The van der Waals surface area contributed by atoms with Crippen molar-refractivity contribution in [2.24, 2.45) is 40.4 Å². The molecule has 0 bridgehead atoms. The fourth-order valence-electron chi connectivity index (χ4n) is 7.76. The summed E-state index contributed by atoms with van der Waals surface area (Å²) in [6.45, 7) is 4.41. The molecule has 0 heterocycles. The first-order valence-corrected chi connectivity index (χ1v) is 10.4. The van der Waals surface area contributed by atoms with Crippen molar-refractivity contribution in [3.63, 3.8) is 0 Å². The number of halogens is 3. The molecule has 9 atom stereocenters. The van der Waals surface area contributed by atoms with Crippen molar-refractivity contribution in [1.82, 2.24) is 0 Å². The molecule has 0 spiro atoms. The van der Waals surface area contributed by atoms with Crippen molar-refractivity contribution in [2.45, 2.75) is 83.8 Å². The van der Waals surface area contributed by atoms with E-state index in [0.717, 1.165) is 38.5 Å². The normalized spacial score (nSPS) is 52.4. The van der Waals surface area contributed by atoms with Crippen molar-refractivity contribution < 1.29 is 23.0 Å². The van der Waals surface area contributed by atoms with Crippen LogP contribution in [0, 0.1) is 51.8 Å². The largest absolute Gasteiger partial charge is 0.522 e. The van der Waals surface area contributed by atoms with E-state index in [1.54, 1.807) is 0 Å². The third-order valence-corrected chi connectivity index (χ3v) is 9.10. The van der Waals surface area contributed by atoms with Crippen molar-refractivity contribution in [3.8, 4) is 6.07 Å². The molecule has 4 rings (SSSR count). The lowest BCUT2D eigenvalue weighted by molar-refractivity contribution is -0.361. The first-order chi connectivity index (χ1) is 12.6. The molecular formula is C21H30F3NO2. The molecule has 0 aromatic heterocycles. The molecule has 0 aromatic rings. The number of hydrogen-bond donors (Lipinski definition) is 1. The van der Waals surface area contributed by atoms with E-state index in [1.165, 1.54) is 0 Å². The number of hydrogen-bond acceptors (Lipinski definition) is 3. The van der Waals surface area contributed by atoms with E-state index in [4.69, 9.17) is 0 Å². The van der Waals surface area contributed by atoms with E-state index in [-0.39, 0.29) is 29.1 Å². The average Bonchev–Trinajstić information content (AvgIpc) is 2.91. The molecule has 1 N–H and O–H groups in total. The van der Waals surface area contributed by atoms with Gasteiger partial charge in [-0.05, 0) is 85.9 Å². The van der Waals surface area contributed by atoms with E-state index in [2.05, 4.69) is 24.7 Å². The standard InChI is InChI=1S/C21H30F3NO2/c1-19-8-7-16-14(15(19)6-4-13(19)11-25)5-3-12-9-17(26)18(10-20(12,16)2)27-21(22,23)24/h12-18,26H,3-10H2,1-2H3/t12-,13+,14-,15-,16-,17-,18-,19+,20-/m0/s1. The molecule has 3 nitrogen and oxygen atoms in total. The minimum atomic E-state index is -4.71. The van der Waals surface area contributed by atoms with Gasteiger partial charge in [0.25, 0.3) is 0 Å². The van der Waals surface area contributed by atoms with Crippen LogP contribution >= 0.6 is 0 Å². The van der Waals surface area contributed by atoms with E-state index in [1.807, 2.05) is 0 Å². The van der Waals surface area contributed by atoms with Gasteiger partial charge in [0.05, 0.1) is 24.2 Å². The Labute approximate surface area is 159 Å². The van der Waals surface area contributed by atoms with Gasteiger partial charge in [-0.3, -0.25) is 4.74 Å². The number of rotatable bonds is 1. The molecule has 0 aliphatic heterocycles. The van der Waals surface area contributed by atoms with Crippen molar-refractivity contribution >= 4 is 0 Å². The summed E-state index contributed by atoms with van der Waals surface area (Å²) < 4.78 is 42.9. The molecule has 0 aromatic carbocycles. The van der Waals surface area contributed by atoms with Gasteiger partial charge >= 0.3 is 6.36 Å². The van der Waals surface area contributed by atoms with Crippen LogP contribution in [0.3, 0.4) is 0 Å². The Hall–Kier alpha value is -0.800. The summed E-state index contributed by atoms with van der Waals surface area (Å²) in [6, 6.07) is 2.53. The van der Waals surface area contributed by atoms with Crippen molar-refractivity contribution in [2.75, 3.05) is 0 Å². The fraction of sp³-hybridized carbons (Fsp3) is 0.952. The third-order valence-electron chi connectivity index (χ3n) is 9.10. The maximum Gasteiger partial charge on any atom is 0.522 e. The van der Waals surface area contributed by atoms with Gasteiger partial charge in [0, 0.05) is 0 Å². The molecule has 0 amide bonds. The van der Waals surface area contributed by atoms with Crippen molar-refractivity contribution in [1.29, 1.82) is 5.26 Å². The smallest absolute Gasteiger partial charge is 0.390 e. The lowest BCUT2D eigenvalue weighted by Crippen LogP contribution is -2.57. The summed E-state index contributed by atoms with van der Waals surface area (Å²) >= 11 is 0. The van der Waals surface area contributed by atoms with Crippen LogP contribution in [0.4, 0.5) is 13.2 Å². The number of nitrogens with zero attached hydrogens (tertiary/aromatic N) is 1. The molecule has 0 unspecified atom stereocenters. The zero-order chi connectivity index (χ0) is 19.6. The highest BCUT2D eigenvalue weighted by atomic mass is 19.4. The van der Waals surface area contributed by atoms with Gasteiger partial charge < -0.3 is 5.11 Å². The number of nitriles is 1. The quantitative estimate of drug-likeness (QED) is 0.688. The van der Waals surface area contributed by atoms with Gasteiger partial charge in [-0.2, -0.15) is 5.26 Å². The van der Waals surface area contributed by atoms with Gasteiger partial charge in [-0.15, -0.1) is 13.2 Å². The van der Waals surface area contributed by atoms with Crippen LogP contribution in [-0.4, -0.2) is 23.7 Å². The number of aliphatic hydroxyl groups excluding tert-OH is 1. The fourth-order valence-corrected chi connectivity index (χ4v) is 7.76. The molecule has 0 radical (unpaired) electrons. The molecule has 4 saturated carbocycles. The maximum atomic E-state index is 12.8. The van der Waals surface area contributed by atoms with Crippen LogP contribution in [0.2, 0.25) is 0 Å². The first-order valence-electron chi connectivity index (χ1n) is 10.4. The number of aliphatic hydroxyl groups is 1. The maximum absolute atomic E-state index is 12.8. The zero-order valence-electron chi connectivity index (χ0n) is 16.1. The third kappa shape index (κ3) is 3.00. The van der Waals surface area contributed by atoms with E-state index in [0.29, 0.717) is 24.2 Å². The van der Waals surface area contributed by atoms with Crippen LogP contribution in [0.25, 0.3) is 0 Å². The lowest BCUT2D eigenvalue weighted by atomic mass is 9.44. The van der Waals surface area contributed by atoms with E-state index in [9.17, 15) is 23.5 Å². The monoisotopic (exact) mass is 385 g/mol. The molecule has 6 heteroatoms. The summed E-state index contributed by atoms with van der Waals surface area (Å²) in [6.07, 6.45) is -0.157. The predicted molar refractivity (Wildman–Crippen MR) is 93.1 cm³/mol. The molecule has 4 fully saturated rings. The Morgan fingerprint density at radius 3 is 2.41 bits per heavy atom. The highest BCUT2D eigenvalue weighted by Gasteiger charge is 2.61. The summed E-state index contributed by atoms with van der Waals surface area (Å²) in [4.78, 5) is 0. The van der Waals surface area contributed by atoms with Crippen LogP contribution in [0.5, 0.6) is 0 Å². The van der Waals surface area contributed by atoms with Gasteiger partial charge in [0.1, 0.15) is 0 Å². The highest BCUT2D eigenvalue weighted by Crippen LogP contribution is 2.67. The zero-order valence-corrected chi connectivity index (χ0v) is 16.1. The Balaban J connectivity index is 1.59. The Morgan fingerprint density at radius 2 is 1.74 bits per heavy atom. The predicted octanol–water partition coefficient (Wildman–Crippen LogP) is 5.04. The Kier molecular flexibility index (Phi) is 4.59. The molecule has 27 heavy (non-hydrogen) atoms. The highest BCUT2D eigenvalue weighted by molar-refractivity contribution is 5.13. The Bertz CT molecular complexity index is 632. The lowest BCUT2D eigenvalue weighted by Gasteiger charge is -2.61. The van der Waals surface area contributed by atoms with E-state index < -0.39 is 18.6 Å². The summed E-state index contributed by atoms with van der Waals surface area (Å²) in [7, 11) is 0. The number of alkyl halides is 3. The molecular weight excluding hydrogens is 355 g/mol. The summed E-state index contributed by atoms with van der Waals surface area (Å²) in [5, 5.41) is 19.9. The first kappa shape index (κ1) is 19.5. The number of ether oxygens (including phenoxy) is 1. The topological polar surface area (TPSA) is 53.2 Å². The molecule has 4 aliphatic rings. The molecule has 4 aliphatic carbocycles. The minimum absolute atomic E-state index is 0.0646. The van der Waals surface area contributed by atoms with Gasteiger partial charge in [-0.1, -0.05) is 13.8 Å². The minimum Gasteiger partial charge on any atom is -0.390 e. The Morgan fingerprint density at radius 1 is 1.04 bits per heavy atom. The van der Waals surface area contributed by atoms with Gasteiger partial charge in [0.2, 0.25) is 0 Å². The second-order valence-corrected chi connectivity index (χ2v) is 10.1. The second-order valence-electron chi connectivity index (χ2n) is 10.1. The SMILES string of the molecule is C[C@]12C[C@H](OC(F)(F)F)[C@@H](O)C[C@@H]1CC[C@@H]1[C@@H]2CC[C@]2(C)[C@@H](C#N)CC[C@@H]12. The van der Waals surface area contributed by atoms with E-state index >= 15 is 0 Å². The summed E-state index contributed by atoms with van der Waals surface area (Å²) in [5.41, 5.74) is -0.153. The van der Waals surface area contributed by atoms with Crippen LogP contribution in [0.15, 0.2) is 0 Å². The van der Waals surface area contributed by atoms with Crippen LogP contribution in [0.1, 0.15) is 65.2 Å².